The first kappa shape index (κ1) is 18.4. The smallest absolute Gasteiger partial charge is 0.277 e. The second-order valence-corrected chi connectivity index (χ2v) is 7.15. The van der Waals surface area contributed by atoms with Crippen molar-refractivity contribution >= 4 is 54.8 Å². The first-order chi connectivity index (χ1) is 12.5. The number of carbonyl (C=O) groups is 1. The number of ether oxygens (including phenoxy) is 1. The minimum atomic E-state index is -0.407. The van der Waals surface area contributed by atoms with E-state index in [1.165, 1.54) is 6.21 Å². The summed E-state index contributed by atoms with van der Waals surface area (Å²) < 4.78 is 7.09. The summed E-state index contributed by atoms with van der Waals surface area (Å²) in [5, 5.41) is 15.8. The number of amides is 1. The van der Waals surface area contributed by atoms with Gasteiger partial charge in [0.25, 0.3) is 5.91 Å². The van der Waals surface area contributed by atoms with Gasteiger partial charge in [-0.3, -0.25) is 4.79 Å². The van der Waals surface area contributed by atoms with Crippen molar-refractivity contribution in [2.24, 2.45) is 5.10 Å². The fraction of sp³-hybridized carbons (Fsp3) is 0.0526. The van der Waals surface area contributed by atoms with E-state index in [0.717, 1.165) is 19.7 Å². The minimum Gasteiger partial charge on any atom is -0.507 e. The van der Waals surface area contributed by atoms with Crippen LogP contribution in [0.4, 0.5) is 0 Å². The molecule has 5 nitrogen and oxygen atoms in total. The number of hydrogen-bond acceptors (Lipinski definition) is 4. The molecule has 0 aliphatic heterocycles. The molecule has 0 aromatic heterocycles. The number of nitrogens with zero attached hydrogens (tertiary/aromatic N) is 1. The van der Waals surface area contributed by atoms with Crippen LogP contribution in [0, 0.1) is 0 Å². The highest BCUT2D eigenvalue weighted by Gasteiger charge is 2.07. The second-order valence-electron chi connectivity index (χ2n) is 5.38. The third-order valence-electron chi connectivity index (χ3n) is 3.58. The molecule has 0 unspecified atom stereocenters. The van der Waals surface area contributed by atoms with Crippen LogP contribution in [0.1, 0.15) is 5.56 Å². The van der Waals surface area contributed by atoms with E-state index in [2.05, 4.69) is 42.4 Å². The van der Waals surface area contributed by atoms with Crippen molar-refractivity contribution in [3.8, 4) is 11.5 Å². The number of carbonyl (C=O) groups excluding carboxylic acids is 1. The molecule has 2 N–H and O–H groups in total. The highest BCUT2D eigenvalue weighted by Crippen LogP contribution is 2.28. The molecule has 0 radical (unpaired) electrons. The van der Waals surface area contributed by atoms with Crippen molar-refractivity contribution in [3.05, 3.63) is 69.1 Å². The second kappa shape index (κ2) is 8.33. The lowest BCUT2D eigenvalue weighted by atomic mass is 10.0. The lowest BCUT2D eigenvalue weighted by Crippen LogP contribution is -2.24. The zero-order chi connectivity index (χ0) is 18.5. The number of nitrogens with one attached hydrogen (secondary N) is 1. The number of fused-ring (bicyclic) bond motifs is 1. The molecule has 3 aromatic rings. The van der Waals surface area contributed by atoms with Gasteiger partial charge in [0.1, 0.15) is 11.5 Å². The number of hydrogen-bond donors (Lipinski definition) is 2. The van der Waals surface area contributed by atoms with E-state index >= 15 is 0 Å². The molecule has 0 atom stereocenters. The molecule has 3 rings (SSSR count). The first-order valence-electron chi connectivity index (χ1n) is 7.65. The minimum absolute atomic E-state index is 0.0942. The zero-order valence-corrected chi connectivity index (χ0v) is 16.6. The summed E-state index contributed by atoms with van der Waals surface area (Å²) in [6.07, 6.45) is 1.42. The standard InChI is InChI=1S/C19H14Br2N2O3/c20-13-6-8-18(16(21)9-13)26-11-19(25)23-22-10-15-14-4-2-1-3-12(14)5-7-17(15)24/h1-10,24H,11H2,(H,23,25). The Kier molecular flexibility index (Phi) is 5.90. The van der Waals surface area contributed by atoms with Crippen LogP contribution in [0.3, 0.4) is 0 Å². The van der Waals surface area contributed by atoms with Gasteiger partial charge in [-0.05, 0) is 51.0 Å². The number of phenolic OH excluding ortho intramolecular Hbond substituents is 1. The van der Waals surface area contributed by atoms with Gasteiger partial charge < -0.3 is 9.84 Å². The summed E-state index contributed by atoms with van der Waals surface area (Å²) in [4.78, 5) is 11.9. The predicted molar refractivity (Wildman–Crippen MR) is 109 cm³/mol. The maximum Gasteiger partial charge on any atom is 0.277 e. The molecule has 7 heteroatoms. The van der Waals surface area contributed by atoms with E-state index in [0.29, 0.717) is 11.3 Å². The van der Waals surface area contributed by atoms with E-state index in [1.54, 1.807) is 12.1 Å². The Balaban J connectivity index is 1.64. The van der Waals surface area contributed by atoms with E-state index < -0.39 is 5.91 Å². The zero-order valence-electron chi connectivity index (χ0n) is 13.4. The molecule has 3 aromatic carbocycles. The van der Waals surface area contributed by atoms with E-state index in [-0.39, 0.29) is 12.4 Å². The average molecular weight is 478 g/mol. The molecule has 132 valence electrons. The number of rotatable bonds is 5. The predicted octanol–water partition coefficient (Wildman–Crippen LogP) is 4.60. The number of benzene rings is 3. The monoisotopic (exact) mass is 476 g/mol. The number of hydrazone groups is 1. The number of halogens is 2. The number of phenols is 1. The lowest BCUT2D eigenvalue weighted by Gasteiger charge is -2.07. The van der Waals surface area contributed by atoms with Crippen LogP contribution < -0.4 is 10.2 Å². The Labute approximate surface area is 166 Å². The van der Waals surface area contributed by atoms with Crippen molar-refractivity contribution in [1.29, 1.82) is 0 Å². The third-order valence-corrected chi connectivity index (χ3v) is 4.70. The molecule has 0 aliphatic rings. The van der Waals surface area contributed by atoms with Crippen LogP contribution in [-0.4, -0.2) is 23.8 Å². The highest BCUT2D eigenvalue weighted by atomic mass is 79.9. The third kappa shape index (κ3) is 4.42. The number of aromatic hydroxyl groups is 1. The van der Waals surface area contributed by atoms with Gasteiger partial charge in [-0.15, -0.1) is 0 Å². The van der Waals surface area contributed by atoms with Gasteiger partial charge in [-0.25, -0.2) is 5.43 Å². The van der Waals surface area contributed by atoms with Crippen LogP contribution >= 0.6 is 31.9 Å². The fourth-order valence-corrected chi connectivity index (χ4v) is 3.52. The van der Waals surface area contributed by atoms with Crippen LogP contribution in [0.2, 0.25) is 0 Å². The van der Waals surface area contributed by atoms with Gasteiger partial charge in [0, 0.05) is 10.0 Å². The van der Waals surface area contributed by atoms with Gasteiger partial charge in [0.15, 0.2) is 6.61 Å². The van der Waals surface area contributed by atoms with Gasteiger partial charge in [-0.2, -0.15) is 5.10 Å². The maximum absolute atomic E-state index is 11.9. The molecular formula is C19H14Br2N2O3. The van der Waals surface area contributed by atoms with Gasteiger partial charge in [0.2, 0.25) is 0 Å². The van der Waals surface area contributed by atoms with Gasteiger partial charge in [0.05, 0.1) is 10.7 Å². The summed E-state index contributed by atoms with van der Waals surface area (Å²) in [7, 11) is 0. The lowest BCUT2D eigenvalue weighted by molar-refractivity contribution is -0.123. The molecule has 26 heavy (non-hydrogen) atoms. The quantitative estimate of drug-likeness (QED) is 0.416. The van der Waals surface area contributed by atoms with Gasteiger partial charge in [-0.1, -0.05) is 46.3 Å². The molecule has 0 aliphatic carbocycles. The van der Waals surface area contributed by atoms with Crippen LogP contribution in [-0.2, 0) is 4.79 Å². The average Bonchev–Trinajstić information content (AvgIpc) is 2.63. The van der Waals surface area contributed by atoms with E-state index in [9.17, 15) is 9.90 Å². The van der Waals surface area contributed by atoms with Gasteiger partial charge >= 0.3 is 0 Å². The topological polar surface area (TPSA) is 70.9 Å². The first-order valence-corrected chi connectivity index (χ1v) is 9.23. The summed E-state index contributed by atoms with van der Waals surface area (Å²) >= 11 is 6.72. The summed E-state index contributed by atoms with van der Waals surface area (Å²) in [6.45, 7) is -0.181. The maximum atomic E-state index is 11.9. The van der Waals surface area contributed by atoms with Crippen LogP contribution in [0.5, 0.6) is 11.5 Å². The Hall–Kier alpha value is -2.38. The SMILES string of the molecule is O=C(COc1ccc(Br)cc1Br)NN=Cc1c(O)ccc2ccccc12. The van der Waals surface area contributed by atoms with Crippen molar-refractivity contribution < 1.29 is 14.6 Å². The normalized spacial score (nSPS) is 11.0. The molecule has 0 saturated carbocycles. The van der Waals surface area contributed by atoms with Crippen molar-refractivity contribution in [3.63, 3.8) is 0 Å². The molecule has 0 fully saturated rings. The molecular weight excluding hydrogens is 464 g/mol. The molecule has 0 bridgehead atoms. The Bertz CT molecular complexity index is 990. The summed E-state index contributed by atoms with van der Waals surface area (Å²) in [5.41, 5.74) is 2.94. The molecule has 0 saturated heterocycles. The Morgan fingerprint density at radius 2 is 1.96 bits per heavy atom. The van der Waals surface area contributed by atoms with Crippen LogP contribution in [0.15, 0.2) is 68.6 Å². The molecule has 0 spiro atoms. The largest absolute Gasteiger partial charge is 0.507 e. The van der Waals surface area contributed by atoms with Crippen molar-refractivity contribution in [1.82, 2.24) is 5.43 Å². The van der Waals surface area contributed by atoms with E-state index in [4.69, 9.17) is 4.74 Å². The fourth-order valence-electron chi connectivity index (χ4n) is 2.36. The Morgan fingerprint density at radius 3 is 2.77 bits per heavy atom. The van der Waals surface area contributed by atoms with E-state index in [1.807, 2.05) is 42.5 Å². The molecule has 1 amide bonds. The summed E-state index contributed by atoms with van der Waals surface area (Å²) in [6, 6.07) is 16.4. The molecule has 0 heterocycles. The van der Waals surface area contributed by atoms with Crippen molar-refractivity contribution in [2.45, 2.75) is 0 Å². The summed E-state index contributed by atoms with van der Waals surface area (Å²) in [5.74, 6) is 0.242. The Morgan fingerprint density at radius 1 is 1.15 bits per heavy atom. The van der Waals surface area contributed by atoms with Crippen molar-refractivity contribution in [2.75, 3.05) is 6.61 Å². The van der Waals surface area contributed by atoms with Crippen LogP contribution in [0.25, 0.3) is 10.8 Å². The highest BCUT2D eigenvalue weighted by molar-refractivity contribution is 9.11.